The van der Waals surface area contributed by atoms with Crippen molar-refractivity contribution in [1.29, 1.82) is 5.26 Å². The molecule has 0 bridgehead atoms. The molecule has 0 saturated heterocycles. The van der Waals surface area contributed by atoms with Crippen LogP contribution in [0.1, 0.15) is 45.4 Å². The van der Waals surface area contributed by atoms with E-state index in [-0.39, 0.29) is 5.78 Å². The van der Waals surface area contributed by atoms with Crippen LogP contribution >= 0.6 is 0 Å². The van der Waals surface area contributed by atoms with Crippen molar-refractivity contribution < 1.29 is 4.79 Å². The van der Waals surface area contributed by atoms with Crippen LogP contribution in [0.2, 0.25) is 0 Å². The molecule has 0 aliphatic heterocycles. The zero-order chi connectivity index (χ0) is 10.9. The SMILES string of the molecule is CCC1=CC[C@H]2CCCC(=O)[C@]2(C#N)C1. The summed E-state index contributed by atoms with van der Waals surface area (Å²) in [5.41, 5.74) is 0.640. The van der Waals surface area contributed by atoms with Crippen LogP contribution in [-0.2, 0) is 4.79 Å². The number of nitriles is 1. The zero-order valence-electron chi connectivity index (χ0n) is 9.25. The number of carbonyl (C=O) groups is 1. The van der Waals surface area contributed by atoms with Crippen LogP contribution in [0.4, 0.5) is 0 Å². The molecule has 0 spiro atoms. The molecule has 2 aliphatic carbocycles. The Balaban J connectivity index is 2.35. The van der Waals surface area contributed by atoms with Crippen molar-refractivity contribution in [2.45, 2.75) is 45.4 Å². The fourth-order valence-corrected chi connectivity index (χ4v) is 2.97. The molecule has 0 aromatic heterocycles. The lowest BCUT2D eigenvalue weighted by molar-refractivity contribution is -0.131. The molecule has 2 heteroatoms. The van der Waals surface area contributed by atoms with Crippen LogP contribution in [0.25, 0.3) is 0 Å². The van der Waals surface area contributed by atoms with Crippen molar-refractivity contribution in [3.8, 4) is 6.07 Å². The standard InChI is InChI=1S/C13H17NO/c1-2-10-6-7-11-4-3-5-12(15)13(11,8-10)9-14/h6,11H,2-5,7-8H2,1H3/t11-,13+/m1/s1. The van der Waals surface area contributed by atoms with Gasteiger partial charge in [0, 0.05) is 6.42 Å². The molecule has 15 heavy (non-hydrogen) atoms. The number of hydrogen-bond donors (Lipinski definition) is 0. The Hall–Kier alpha value is -1.10. The monoisotopic (exact) mass is 203 g/mol. The van der Waals surface area contributed by atoms with Crippen molar-refractivity contribution >= 4 is 5.78 Å². The van der Waals surface area contributed by atoms with Gasteiger partial charge in [0.2, 0.25) is 0 Å². The van der Waals surface area contributed by atoms with Gasteiger partial charge in [-0.25, -0.2) is 0 Å². The van der Waals surface area contributed by atoms with Crippen LogP contribution in [0.15, 0.2) is 11.6 Å². The van der Waals surface area contributed by atoms with Crippen molar-refractivity contribution in [2.24, 2.45) is 11.3 Å². The molecule has 0 aromatic carbocycles. The van der Waals surface area contributed by atoms with E-state index in [1.54, 1.807) is 0 Å². The van der Waals surface area contributed by atoms with Crippen molar-refractivity contribution in [3.63, 3.8) is 0 Å². The van der Waals surface area contributed by atoms with Gasteiger partial charge in [-0.3, -0.25) is 4.79 Å². The molecule has 0 heterocycles. The van der Waals surface area contributed by atoms with E-state index < -0.39 is 5.41 Å². The quantitative estimate of drug-likeness (QED) is 0.615. The maximum atomic E-state index is 12.0. The van der Waals surface area contributed by atoms with Crippen LogP contribution in [0.3, 0.4) is 0 Å². The number of allylic oxidation sites excluding steroid dienone is 2. The number of fused-ring (bicyclic) bond motifs is 1. The molecule has 2 rings (SSSR count). The molecule has 0 N–H and O–H groups in total. The average Bonchev–Trinajstić information content (AvgIpc) is 2.29. The fourth-order valence-electron chi connectivity index (χ4n) is 2.97. The van der Waals surface area contributed by atoms with Crippen LogP contribution in [-0.4, -0.2) is 5.78 Å². The summed E-state index contributed by atoms with van der Waals surface area (Å²) in [4.78, 5) is 12.0. The summed E-state index contributed by atoms with van der Waals surface area (Å²) in [6, 6.07) is 2.34. The van der Waals surface area contributed by atoms with Crippen molar-refractivity contribution in [2.75, 3.05) is 0 Å². The third-order valence-corrected chi connectivity index (χ3v) is 4.00. The lowest BCUT2D eigenvalue weighted by Crippen LogP contribution is -2.42. The third kappa shape index (κ3) is 1.51. The minimum atomic E-state index is -0.654. The Bertz CT molecular complexity index is 350. The van der Waals surface area contributed by atoms with E-state index in [1.807, 2.05) is 0 Å². The lowest BCUT2D eigenvalue weighted by Gasteiger charge is -2.40. The summed E-state index contributed by atoms with van der Waals surface area (Å²) >= 11 is 0. The van der Waals surface area contributed by atoms with Gasteiger partial charge in [0.25, 0.3) is 0 Å². The maximum absolute atomic E-state index is 12.0. The zero-order valence-corrected chi connectivity index (χ0v) is 9.25. The maximum Gasteiger partial charge on any atom is 0.153 e. The first kappa shape index (κ1) is 10.4. The van der Waals surface area contributed by atoms with Crippen LogP contribution in [0, 0.1) is 22.7 Å². The summed E-state index contributed by atoms with van der Waals surface area (Å²) in [5, 5.41) is 9.36. The van der Waals surface area contributed by atoms with Crippen molar-refractivity contribution in [3.05, 3.63) is 11.6 Å². The van der Waals surface area contributed by atoms with E-state index in [4.69, 9.17) is 0 Å². The van der Waals surface area contributed by atoms with E-state index >= 15 is 0 Å². The smallest absolute Gasteiger partial charge is 0.153 e. The summed E-state index contributed by atoms with van der Waals surface area (Å²) in [6.45, 7) is 2.10. The number of hydrogen-bond acceptors (Lipinski definition) is 2. The second-order valence-electron chi connectivity index (χ2n) is 4.72. The van der Waals surface area contributed by atoms with Gasteiger partial charge < -0.3 is 0 Å². The minimum absolute atomic E-state index is 0.195. The summed E-state index contributed by atoms with van der Waals surface area (Å²) in [5.74, 6) is 0.486. The minimum Gasteiger partial charge on any atom is -0.298 e. The van der Waals surface area contributed by atoms with E-state index in [2.05, 4.69) is 19.1 Å². The molecule has 0 radical (unpaired) electrons. The molecule has 0 aromatic rings. The molecule has 1 fully saturated rings. The topological polar surface area (TPSA) is 40.9 Å². The summed E-state index contributed by atoms with van der Waals surface area (Å²) < 4.78 is 0. The highest BCUT2D eigenvalue weighted by atomic mass is 16.1. The van der Waals surface area contributed by atoms with E-state index in [9.17, 15) is 10.1 Å². The highest BCUT2D eigenvalue weighted by Crippen LogP contribution is 2.48. The molecule has 0 unspecified atom stereocenters. The Morgan fingerprint density at radius 2 is 2.47 bits per heavy atom. The van der Waals surface area contributed by atoms with Crippen LogP contribution in [0.5, 0.6) is 0 Å². The highest BCUT2D eigenvalue weighted by Gasteiger charge is 2.48. The first-order valence-electron chi connectivity index (χ1n) is 5.85. The Morgan fingerprint density at radius 3 is 3.13 bits per heavy atom. The molecule has 2 aliphatic rings. The van der Waals surface area contributed by atoms with Crippen molar-refractivity contribution in [1.82, 2.24) is 0 Å². The fraction of sp³-hybridized carbons (Fsp3) is 0.692. The van der Waals surface area contributed by atoms with Gasteiger partial charge in [0.05, 0.1) is 6.07 Å². The molecule has 1 saturated carbocycles. The van der Waals surface area contributed by atoms with E-state index in [1.165, 1.54) is 5.57 Å². The number of nitrogens with zero attached hydrogens (tertiary/aromatic N) is 1. The molecule has 2 atom stereocenters. The molecular formula is C13H17NO. The summed E-state index contributed by atoms with van der Waals surface area (Å²) in [6.07, 6.45) is 7.49. The third-order valence-electron chi connectivity index (χ3n) is 4.00. The average molecular weight is 203 g/mol. The van der Waals surface area contributed by atoms with Gasteiger partial charge in [-0.05, 0) is 38.0 Å². The highest BCUT2D eigenvalue weighted by molar-refractivity contribution is 5.89. The Labute approximate surface area is 91.0 Å². The van der Waals surface area contributed by atoms with Gasteiger partial charge >= 0.3 is 0 Å². The second kappa shape index (κ2) is 3.81. The second-order valence-corrected chi connectivity index (χ2v) is 4.72. The van der Waals surface area contributed by atoms with Gasteiger partial charge in [-0.1, -0.05) is 18.6 Å². The Kier molecular flexibility index (Phi) is 2.65. The number of rotatable bonds is 1. The van der Waals surface area contributed by atoms with Gasteiger partial charge in [0.1, 0.15) is 5.41 Å². The predicted molar refractivity (Wildman–Crippen MR) is 58.0 cm³/mol. The Morgan fingerprint density at radius 1 is 1.67 bits per heavy atom. The van der Waals surface area contributed by atoms with E-state index in [0.29, 0.717) is 18.8 Å². The van der Waals surface area contributed by atoms with Gasteiger partial charge in [-0.15, -0.1) is 0 Å². The van der Waals surface area contributed by atoms with Gasteiger partial charge in [-0.2, -0.15) is 5.26 Å². The number of ketones is 1. The molecule has 80 valence electrons. The summed E-state index contributed by atoms with van der Waals surface area (Å²) in [7, 11) is 0. The van der Waals surface area contributed by atoms with Crippen LogP contribution < -0.4 is 0 Å². The van der Waals surface area contributed by atoms with Gasteiger partial charge in [0.15, 0.2) is 5.78 Å². The molecule has 2 nitrogen and oxygen atoms in total. The molecule has 0 amide bonds. The van der Waals surface area contributed by atoms with E-state index in [0.717, 1.165) is 25.7 Å². The molecular weight excluding hydrogens is 186 g/mol. The largest absolute Gasteiger partial charge is 0.298 e. The normalized spacial score (nSPS) is 35.3. The number of carbonyl (C=O) groups excluding carboxylic acids is 1. The lowest BCUT2D eigenvalue weighted by atomic mass is 9.59. The first-order valence-corrected chi connectivity index (χ1v) is 5.85. The number of Topliss-reactive ketones (excluding diaryl/α,β-unsaturated/α-hetero) is 1. The first-order chi connectivity index (χ1) is 7.23. The predicted octanol–water partition coefficient (Wildman–Crippen LogP) is 3.00.